The van der Waals surface area contributed by atoms with E-state index in [0.717, 1.165) is 69.6 Å². The molecule has 0 aliphatic carbocycles. The Morgan fingerprint density at radius 3 is 2.57 bits per heavy atom. The van der Waals surface area contributed by atoms with Gasteiger partial charge in [0.2, 0.25) is 0 Å². The molecule has 0 atom stereocenters. The second kappa shape index (κ2) is 12.0. The lowest BCUT2D eigenvalue weighted by molar-refractivity contribution is 0.371. The Morgan fingerprint density at radius 1 is 1.17 bits per heavy atom. The molecule has 3 rings (SSSR count). The van der Waals surface area contributed by atoms with Gasteiger partial charge in [-0.3, -0.25) is 9.67 Å². The predicted octanol–water partition coefficient (Wildman–Crippen LogP) is 3.30. The van der Waals surface area contributed by atoms with Gasteiger partial charge in [0.05, 0.1) is 12.8 Å². The van der Waals surface area contributed by atoms with Gasteiger partial charge in [-0.15, -0.1) is 24.0 Å². The largest absolute Gasteiger partial charge is 0.497 e. The van der Waals surface area contributed by atoms with E-state index in [2.05, 4.69) is 63.0 Å². The molecule has 0 radical (unpaired) electrons. The van der Waals surface area contributed by atoms with Gasteiger partial charge in [-0.1, -0.05) is 6.07 Å². The molecule has 30 heavy (non-hydrogen) atoms. The summed E-state index contributed by atoms with van der Waals surface area (Å²) in [7, 11) is 1.71. The molecule has 0 spiro atoms. The number of ether oxygens (including phenoxy) is 1. The fourth-order valence-corrected chi connectivity index (χ4v) is 3.72. The standard InChI is InChI=1S/C22H34N6O.HI/c1-5-23-22(24-10-7-11-28-19(3)16-18(2)25-28)27-14-12-26(13-15-27)20-8-6-9-21(17-20)29-4;/h6,8-9,16-17H,5,7,10-15H2,1-4H3,(H,23,24);1H. The Bertz CT molecular complexity index is 814. The second-order valence-corrected chi connectivity index (χ2v) is 7.42. The third kappa shape index (κ3) is 6.52. The average molecular weight is 526 g/mol. The number of benzene rings is 1. The molecular weight excluding hydrogens is 491 g/mol. The number of piperazine rings is 1. The molecule has 2 heterocycles. The number of aryl methyl sites for hydroxylation is 3. The maximum atomic E-state index is 5.36. The lowest BCUT2D eigenvalue weighted by Crippen LogP contribution is -2.52. The first-order valence-corrected chi connectivity index (χ1v) is 10.5. The van der Waals surface area contributed by atoms with Crippen molar-refractivity contribution in [3.05, 3.63) is 41.7 Å². The fraction of sp³-hybridized carbons (Fsp3) is 0.545. The van der Waals surface area contributed by atoms with Crippen molar-refractivity contribution >= 4 is 35.6 Å². The van der Waals surface area contributed by atoms with Crippen LogP contribution in [0.15, 0.2) is 35.3 Å². The van der Waals surface area contributed by atoms with Crippen molar-refractivity contribution in [1.29, 1.82) is 0 Å². The smallest absolute Gasteiger partial charge is 0.194 e. The van der Waals surface area contributed by atoms with Crippen molar-refractivity contribution in [2.75, 3.05) is 51.3 Å². The molecule has 1 N–H and O–H groups in total. The van der Waals surface area contributed by atoms with Crippen LogP contribution in [0.5, 0.6) is 5.75 Å². The highest BCUT2D eigenvalue weighted by molar-refractivity contribution is 14.0. The van der Waals surface area contributed by atoms with E-state index in [1.807, 2.05) is 13.0 Å². The fourth-order valence-electron chi connectivity index (χ4n) is 3.72. The van der Waals surface area contributed by atoms with Gasteiger partial charge in [-0.2, -0.15) is 5.10 Å². The summed E-state index contributed by atoms with van der Waals surface area (Å²) in [6.45, 7) is 12.7. The Hall–Kier alpha value is -1.97. The van der Waals surface area contributed by atoms with Crippen LogP contribution in [0, 0.1) is 13.8 Å². The van der Waals surface area contributed by atoms with E-state index >= 15 is 0 Å². The first-order valence-electron chi connectivity index (χ1n) is 10.5. The van der Waals surface area contributed by atoms with Crippen LogP contribution >= 0.6 is 24.0 Å². The molecule has 166 valence electrons. The first-order chi connectivity index (χ1) is 14.1. The molecule has 1 aliphatic heterocycles. The minimum atomic E-state index is 0. The van der Waals surface area contributed by atoms with Gasteiger partial charge in [-0.25, -0.2) is 0 Å². The molecule has 1 aromatic carbocycles. The highest BCUT2D eigenvalue weighted by Crippen LogP contribution is 2.22. The van der Waals surface area contributed by atoms with Gasteiger partial charge in [0.25, 0.3) is 0 Å². The number of aromatic nitrogens is 2. The summed E-state index contributed by atoms with van der Waals surface area (Å²) >= 11 is 0. The highest BCUT2D eigenvalue weighted by atomic mass is 127. The molecule has 0 saturated carbocycles. The Kier molecular flexibility index (Phi) is 9.74. The van der Waals surface area contributed by atoms with Crippen molar-refractivity contribution in [3.63, 3.8) is 0 Å². The number of rotatable bonds is 7. The van der Waals surface area contributed by atoms with E-state index in [-0.39, 0.29) is 24.0 Å². The molecule has 1 aromatic heterocycles. The number of nitrogens with one attached hydrogen (secondary N) is 1. The quantitative estimate of drug-likeness (QED) is 0.260. The normalized spacial score (nSPS) is 14.5. The molecule has 1 saturated heterocycles. The van der Waals surface area contributed by atoms with Crippen molar-refractivity contribution in [2.45, 2.75) is 33.7 Å². The number of hydrogen-bond acceptors (Lipinski definition) is 4. The zero-order chi connectivity index (χ0) is 20.6. The average Bonchev–Trinajstić information content (AvgIpc) is 3.07. The van der Waals surface area contributed by atoms with Crippen molar-refractivity contribution < 1.29 is 4.74 Å². The summed E-state index contributed by atoms with van der Waals surface area (Å²) in [5.41, 5.74) is 3.51. The zero-order valence-electron chi connectivity index (χ0n) is 18.6. The maximum absolute atomic E-state index is 5.36. The van der Waals surface area contributed by atoms with Crippen LogP contribution in [0.2, 0.25) is 0 Å². The number of anilines is 1. The Balaban J connectivity index is 0.00000320. The molecule has 8 heteroatoms. The summed E-state index contributed by atoms with van der Waals surface area (Å²) < 4.78 is 7.43. The predicted molar refractivity (Wildman–Crippen MR) is 134 cm³/mol. The number of guanidine groups is 1. The summed E-state index contributed by atoms with van der Waals surface area (Å²) in [4.78, 5) is 9.64. The maximum Gasteiger partial charge on any atom is 0.194 e. The van der Waals surface area contributed by atoms with E-state index in [1.54, 1.807) is 7.11 Å². The van der Waals surface area contributed by atoms with Crippen LogP contribution in [0.4, 0.5) is 5.69 Å². The summed E-state index contributed by atoms with van der Waals surface area (Å²) in [5.74, 6) is 1.92. The third-order valence-electron chi connectivity index (χ3n) is 5.23. The van der Waals surface area contributed by atoms with Crippen molar-refractivity contribution in [3.8, 4) is 5.75 Å². The van der Waals surface area contributed by atoms with E-state index < -0.39 is 0 Å². The van der Waals surface area contributed by atoms with Crippen LogP contribution in [0.25, 0.3) is 0 Å². The Labute approximate surface area is 197 Å². The van der Waals surface area contributed by atoms with Gasteiger partial charge in [0, 0.05) is 63.3 Å². The van der Waals surface area contributed by atoms with Crippen LogP contribution in [-0.4, -0.2) is 67.0 Å². The van der Waals surface area contributed by atoms with Crippen LogP contribution in [0.3, 0.4) is 0 Å². The Morgan fingerprint density at radius 2 is 1.93 bits per heavy atom. The number of halogens is 1. The molecule has 1 fully saturated rings. The molecule has 0 amide bonds. The first kappa shape index (κ1) is 24.3. The van der Waals surface area contributed by atoms with Gasteiger partial charge in [-0.05, 0) is 45.4 Å². The molecule has 7 nitrogen and oxygen atoms in total. The van der Waals surface area contributed by atoms with Gasteiger partial charge < -0.3 is 19.9 Å². The summed E-state index contributed by atoms with van der Waals surface area (Å²) in [6.07, 6.45) is 0.987. The minimum Gasteiger partial charge on any atom is -0.497 e. The number of aliphatic imine (C=N–C) groups is 1. The monoisotopic (exact) mass is 526 g/mol. The number of nitrogens with zero attached hydrogens (tertiary/aromatic N) is 5. The number of hydrogen-bond donors (Lipinski definition) is 1. The molecule has 0 bridgehead atoms. The topological polar surface area (TPSA) is 57.9 Å². The highest BCUT2D eigenvalue weighted by Gasteiger charge is 2.20. The lowest BCUT2D eigenvalue weighted by atomic mass is 10.2. The lowest BCUT2D eigenvalue weighted by Gasteiger charge is -2.37. The molecular formula is C22H35IN6O. The van der Waals surface area contributed by atoms with E-state index in [4.69, 9.17) is 9.73 Å². The third-order valence-corrected chi connectivity index (χ3v) is 5.23. The van der Waals surface area contributed by atoms with Crippen LogP contribution in [0.1, 0.15) is 24.7 Å². The summed E-state index contributed by atoms with van der Waals surface area (Å²) in [5, 5.41) is 7.98. The van der Waals surface area contributed by atoms with E-state index in [0.29, 0.717) is 0 Å². The van der Waals surface area contributed by atoms with Gasteiger partial charge >= 0.3 is 0 Å². The molecule has 1 aliphatic rings. The van der Waals surface area contributed by atoms with Crippen molar-refractivity contribution in [2.24, 2.45) is 4.99 Å². The molecule has 2 aromatic rings. The van der Waals surface area contributed by atoms with Crippen LogP contribution < -0.4 is 15.0 Å². The van der Waals surface area contributed by atoms with Gasteiger partial charge in [0.15, 0.2) is 5.96 Å². The molecule has 0 unspecified atom stereocenters. The second-order valence-electron chi connectivity index (χ2n) is 7.42. The number of methoxy groups -OCH3 is 1. The minimum absolute atomic E-state index is 0. The zero-order valence-corrected chi connectivity index (χ0v) is 20.9. The van der Waals surface area contributed by atoms with E-state index in [9.17, 15) is 0 Å². The SMILES string of the molecule is CCNC(=NCCCn1nc(C)cc1C)N1CCN(c2cccc(OC)c2)CC1.I. The van der Waals surface area contributed by atoms with Crippen molar-refractivity contribution in [1.82, 2.24) is 20.0 Å². The van der Waals surface area contributed by atoms with E-state index in [1.165, 1.54) is 11.4 Å². The summed E-state index contributed by atoms with van der Waals surface area (Å²) in [6, 6.07) is 10.4. The van der Waals surface area contributed by atoms with Crippen LogP contribution in [-0.2, 0) is 6.54 Å². The van der Waals surface area contributed by atoms with Gasteiger partial charge in [0.1, 0.15) is 5.75 Å².